The largest absolute Gasteiger partial charge is 0.368 e. The van der Waals surface area contributed by atoms with Gasteiger partial charge in [0.2, 0.25) is 17.6 Å². The fourth-order valence-electron chi connectivity index (χ4n) is 1.97. The Hall–Kier alpha value is -1.92. The highest BCUT2D eigenvalue weighted by atomic mass is 16.2. The minimum atomic E-state index is -0.778. The molecule has 3 amide bonds. The molecule has 0 heterocycles. The van der Waals surface area contributed by atoms with Crippen molar-refractivity contribution in [1.29, 1.82) is 0 Å². The van der Waals surface area contributed by atoms with Crippen molar-refractivity contribution in [3.05, 3.63) is 0 Å². The lowest BCUT2D eigenvalue weighted by Gasteiger charge is -2.15. The number of carbonyl (C=O) groups is 4. The average Bonchev–Trinajstić information content (AvgIpc) is 2.48. The van der Waals surface area contributed by atoms with Crippen molar-refractivity contribution in [3.63, 3.8) is 0 Å². The molecule has 0 aromatic carbocycles. The molecule has 0 bridgehead atoms. The predicted octanol–water partition coefficient (Wildman–Crippen LogP) is 0.268. The van der Waals surface area contributed by atoms with Gasteiger partial charge >= 0.3 is 0 Å². The monoisotopic (exact) mass is 313 g/mol. The zero-order valence-corrected chi connectivity index (χ0v) is 13.6. The summed E-state index contributed by atoms with van der Waals surface area (Å²) in [7, 11) is 0. The second-order valence-corrected chi connectivity index (χ2v) is 5.40. The molecule has 0 aliphatic rings. The number of ketones is 1. The number of hydrogen-bond acceptors (Lipinski definition) is 4. The second-order valence-electron chi connectivity index (χ2n) is 5.40. The quantitative estimate of drug-likeness (QED) is 0.474. The fourth-order valence-corrected chi connectivity index (χ4v) is 1.97. The van der Waals surface area contributed by atoms with E-state index in [0.717, 1.165) is 19.3 Å². The van der Waals surface area contributed by atoms with Crippen LogP contribution in [-0.2, 0) is 19.2 Å². The molecule has 0 saturated heterocycles. The summed E-state index contributed by atoms with van der Waals surface area (Å²) in [5.41, 5.74) is 5.21. The van der Waals surface area contributed by atoms with Gasteiger partial charge in [-0.2, -0.15) is 0 Å². The maximum atomic E-state index is 11.7. The van der Waals surface area contributed by atoms with E-state index in [1.54, 1.807) is 6.92 Å². The number of amides is 3. The van der Waals surface area contributed by atoms with Gasteiger partial charge in [-0.05, 0) is 12.8 Å². The molecule has 0 aliphatic carbocycles. The Kier molecular flexibility index (Phi) is 9.82. The van der Waals surface area contributed by atoms with Crippen LogP contribution in [0.2, 0.25) is 0 Å². The van der Waals surface area contributed by atoms with E-state index in [0.29, 0.717) is 12.8 Å². The summed E-state index contributed by atoms with van der Waals surface area (Å²) in [6.07, 6.45) is 3.52. The lowest BCUT2D eigenvalue weighted by atomic mass is 10.0. The second kappa shape index (κ2) is 10.8. The van der Waals surface area contributed by atoms with Gasteiger partial charge in [0.25, 0.3) is 5.91 Å². The van der Waals surface area contributed by atoms with Crippen LogP contribution in [0.25, 0.3) is 0 Å². The first-order valence-corrected chi connectivity index (χ1v) is 7.74. The number of rotatable bonds is 11. The molecule has 0 aliphatic heterocycles. The van der Waals surface area contributed by atoms with E-state index in [2.05, 4.69) is 10.6 Å². The Bertz CT molecular complexity index is 410. The van der Waals surface area contributed by atoms with Gasteiger partial charge in [0.05, 0.1) is 6.54 Å². The lowest BCUT2D eigenvalue weighted by molar-refractivity contribution is -0.140. The minimum absolute atomic E-state index is 0.348. The smallest absolute Gasteiger partial charge is 0.288 e. The van der Waals surface area contributed by atoms with Gasteiger partial charge in [0, 0.05) is 5.92 Å². The predicted molar refractivity (Wildman–Crippen MR) is 82.7 cm³/mol. The van der Waals surface area contributed by atoms with Crippen LogP contribution in [-0.4, -0.2) is 36.1 Å². The Morgan fingerprint density at radius 3 is 2.18 bits per heavy atom. The number of primary amides is 1. The molecular weight excluding hydrogens is 286 g/mol. The number of carbonyl (C=O) groups excluding carboxylic acids is 4. The first-order chi connectivity index (χ1) is 10.3. The number of unbranched alkanes of at least 4 members (excludes halogenated alkanes) is 1. The lowest BCUT2D eigenvalue weighted by Crippen LogP contribution is -2.48. The van der Waals surface area contributed by atoms with Crippen molar-refractivity contribution in [2.24, 2.45) is 11.7 Å². The highest BCUT2D eigenvalue weighted by Gasteiger charge is 2.22. The highest BCUT2D eigenvalue weighted by molar-refractivity contribution is 6.37. The summed E-state index contributed by atoms with van der Waals surface area (Å²) in [4.78, 5) is 46.2. The molecule has 0 fully saturated rings. The van der Waals surface area contributed by atoms with Crippen molar-refractivity contribution in [1.82, 2.24) is 10.6 Å². The molecular formula is C15H27N3O4. The molecule has 0 radical (unpaired) electrons. The van der Waals surface area contributed by atoms with E-state index in [-0.39, 0.29) is 12.5 Å². The van der Waals surface area contributed by atoms with Gasteiger partial charge in [-0.1, -0.05) is 40.0 Å². The van der Waals surface area contributed by atoms with Crippen molar-refractivity contribution in [2.75, 3.05) is 6.54 Å². The van der Waals surface area contributed by atoms with Gasteiger partial charge < -0.3 is 16.4 Å². The molecule has 7 nitrogen and oxygen atoms in total. The summed E-state index contributed by atoms with van der Waals surface area (Å²) in [5.74, 6) is -2.83. The Labute approximate surface area is 131 Å². The summed E-state index contributed by atoms with van der Waals surface area (Å²) >= 11 is 0. The number of hydrogen-bond donors (Lipinski definition) is 3. The molecule has 2 atom stereocenters. The molecule has 0 spiro atoms. The van der Waals surface area contributed by atoms with E-state index < -0.39 is 29.5 Å². The maximum absolute atomic E-state index is 11.7. The Morgan fingerprint density at radius 2 is 1.68 bits per heavy atom. The van der Waals surface area contributed by atoms with Crippen LogP contribution in [0, 0.1) is 5.92 Å². The maximum Gasteiger partial charge on any atom is 0.288 e. The average molecular weight is 313 g/mol. The van der Waals surface area contributed by atoms with Crippen molar-refractivity contribution in [3.8, 4) is 0 Å². The van der Waals surface area contributed by atoms with E-state index in [9.17, 15) is 19.2 Å². The zero-order chi connectivity index (χ0) is 17.1. The molecule has 4 N–H and O–H groups in total. The molecule has 0 rings (SSSR count). The highest BCUT2D eigenvalue weighted by Crippen LogP contribution is 2.06. The van der Waals surface area contributed by atoms with E-state index in [1.165, 1.54) is 0 Å². The van der Waals surface area contributed by atoms with Gasteiger partial charge in [0.15, 0.2) is 0 Å². The van der Waals surface area contributed by atoms with E-state index >= 15 is 0 Å². The summed E-state index contributed by atoms with van der Waals surface area (Å²) in [6.45, 7) is 5.22. The third-order valence-electron chi connectivity index (χ3n) is 3.33. The topological polar surface area (TPSA) is 118 Å². The molecule has 0 saturated carbocycles. The normalized spacial score (nSPS) is 13.0. The molecule has 2 unspecified atom stereocenters. The van der Waals surface area contributed by atoms with E-state index in [1.807, 2.05) is 13.8 Å². The Morgan fingerprint density at radius 1 is 1.05 bits per heavy atom. The third kappa shape index (κ3) is 7.75. The minimum Gasteiger partial charge on any atom is -0.368 e. The van der Waals surface area contributed by atoms with Crippen LogP contribution in [0.5, 0.6) is 0 Å². The van der Waals surface area contributed by atoms with Crippen molar-refractivity contribution < 1.29 is 19.2 Å². The molecule has 22 heavy (non-hydrogen) atoms. The molecule has 7 heteroatoms. The van der Waals surface area contributed by atoms with Crippen LogP contribution in [0.3, 0.4) is 0 Å². The van der Waals surface area contributed by atoms with Crippen LogP contribution < -0.4 is 16.4 Å². The van der Waals surface area contributed by atoms with Gasteiger partial charge in [-0.15, -0.1) is 0 Å². The number of nitrogens with two attached hydrogens (primary N) is 1. The summed E-state index contributed by atoms with van der Waals surface area (Å²) < 4.78 is 0. The zero-order valence-electron chi connectivity index (χ0n) is 13.6. The fraction of sp³-hybridized carbons (Fsp3) is 0.733. The third-order valence-corrected chi connectivity index (χ3v) is 3.33. The number of Topliss-reactive ketones (excluding diaryl/α,β-unsaturated/α-hetero) is 1. The summed E-state index contributed by atoms with van der Waals surface area (Å²) in [6, 6.07) is -0.751. The number of nitrogens with one attached hydrogen (secondary N) is 2. The van der Waals surface area contributed by atoms with Gasteiger partial charge in [-0.25, -0.2) is 0 Å². The van der Waals surface area contributed by atoms with Crippen molar-refractivity contribution >= 4 is 23.5 Å². The van der Waals surface area contributed by atoms with Crippen LogP contribution in [0.15, 0.2) is 0 Å². The van der Waals surface area contributed by atoms with Crippen LogP contribution in [0.1, 0.15) is 52.9 Å². The molecule has 126 valence electrons. The Balaban J connectivity index is 4.28. The first-order valence-electron chi connectivity index (χ1n) is 7.74. The van der Waals surface area contributed by atoms with E-state index in [4.69, 9.17) is 5.73 Å². The summed E-state index contributed by atoms with van der Waals surface area (Å²) in [5, 5.41) is 4.73. The van der Waals surface area contributed by atoms with Crippen molar-refractivity contribution in [2.45, 2.75) is 58.9 Å². The van der Waals surface area contributed by atoms with Gasteiger partial charge in [-0.3, -0.25) is 19.2 Å². The van der Waals surface area contributed by atoms with Gasteiger partial charge in [0.1, 0.15) is 6.04 Å². The van der Waals surface area contributed by atoms with Crippen LogP contribution in [0.4, 0.5) is 0 Å². The first kappa shape index (κ1) is 20.1. The standard InChI is InChI=1S/C15H27N3O4/c1-4-6-8-11(14(16)21)18-12(19)9-17-15(22)13(20)10(3)7-5-2/h10-11H,4-9H2,1-3H3,(H2,16,21)(H,17,22)(H,18,19). The van der Waals surface area contributed by atoms with Crippen LogP contribution >= 0.6 is 0 Å². The molecule has 0 aromatic heterocycles. The molecule has 0 aromatic rings. The SMILES string of the molecule is CCCCC(NC(=O)CNC(=O)C(=O)C(C)CCC)C(N)=O.